The monoisotopic (exact) mass is 410 g/mol. The summed E-state index contributed by atoms with van der Waals surface area (Å²) in [6, 6.07) is 7.30. The van der Waals surface area contributed by atoms with Crippen LogP contribution in [0.3, 0.4) is 0 Å². The Morgan fingerprint density at radius 3 is 2.86 bits per heavy atom. The number of aromatic carboxylic acids is 1. The summed E-state index contributed by atoms with van der Waals surface area (Å²) in [6.07, 6.45) is 5.52. The minimum atomic E-state index is -0.906. The Morgan fingerprint density at radius 2 is 2.10 bits per heavy atom. The average molecular weight is 411 g/mol. The van der Waals surface area contributed by atoms with Gasteiger partial charge in [0.25, 0.3) is 0 Å². The zero-order chi connectivity index (χ0) is 20.4. The molecular formula is C22H26N4O2S. The van der Waals surface area contributed by atoms with Crippen molar-refractivity contribution in [2.75, 3.05) is 32.0 Å². The first kappa shape index (κ1) is 19.8. The minimum Gasteiger partial charge on any atom is -0.478 e. The molecule has 2 N–H and O–H groups in total. The fourth-order valence-corrected chi connectivity index (χ4v) is 4.95. The number of piperidine rings is 1. The number of thiophene rings is 1. The first-order valence-corrected chi connectivity index (χ1v) is 10.8. The molecule has 1 aliphatic heterocycles. The van der Waals surface area contributed by atoms with E-state index >= 15 is 0 Å². The standard InChI is InChI=1S/C22H26N4O2S/c1-14-13-24-22(23-8-5-15-6-9-26(2)10-7-15)25-20(14)19-11-16-3-4-17(21(27)28)12-18(16)29-19/h3-4,11-13,15H,5-10H2,1-2H3,(H,27,28)(H,23,24,25). The Kier molecular flexibility index (Phi) is 5.78. The van der Waals surface area contributed by atoms with Gasteiger partial charge in [-0.15, -0.1) is 11.3 Å². The number of rotatable bonds is 6. The highest BCUT2D eigenvalue weighted by molar-refractivity contribution is 7.22. The van der Waals surface area contributed by atoms with Crippen LogP contribution in [0, 0.1) is 12.8 Å². The van der Waals surface area contributed by atoms with Crippen molar-refractivity contribution in [2.45, 2.75) is 26.2 Å². The smallest absolute Gasteiger partial charge is 0.335 e. The highest BCUT2D eigenvalue weighted by Gasteiger charge is 2.16. The lowest BCUT2D eigenvalue weighted by molar-refractivity contribution is 0.0697. The van der Waals surface area contributed by atoms with Crippen LogP contribution in [0.2, 0.25) is 0 Å². The Labute approximate surface area is 174 Å². The highest BCUT2D eigenvalue weighted by atomic mass is 32.1. The number of carboxylic acids is 1. The molecule has 2 aromatic heterocycles. The third-order valence-electron chi connectivity index (χ3n) is 5.65. The molecule has 0 atom stereocenters. The fraction of sp³-hybridized carbons (Fsp3) is 0.409. The molecule has 3 heterocycles. The molecule has 0 aliphatic carbocycles. The Hall–Kier alpha value is -2.51. The van der Waals surface area contributed by atoms with Gasteiger partial charge in [0.1, 0.15) is 0 Å². The van der Waals surface area contributed by atoms with Crippen molar-refractivity contribution in [2.24, 2.45) is 5.92 Å². The predicted molar refractivity (Wildman–Crippen MR) is 118 cm³/mol. The van der Waals surface area contributed by atoms with E-state index in [9.17, 15) is 9.90 Å². The second kappa shape index (κ2) is 8.47. The van der Waals surface area contributed by atoms with Crippen molar-refractivity contribution in [3.05, 3.63) is 41.6 Å². The summed E-state index contributed by atoms with van der Waals surface area (Å²) in [5.74, 6) is 0.521. The fourth-order valence-electron chi connectivity index (χ4n) is 3.80. The van der Waals surface area contributed by atoms with Gasteiger partial charge in [-0.05, 0) is 81.4 Å². The maximum Gasteiger partial charge on any atom is 0.335 e. The van der Waals surface area contributed by atoms with E-state index in [0.29, 0.717) is 11.5 Å². The summed E-state index contributed by atoms with van der Waals surface area (Å²) in [6.45, 7) is 5.26. The third-order valence-corrected chi connectivity index (χ3v) is 6.75. The third kappa shape index (κ3) is 4.57. The highest BCUT2D eigenvalue weighted by Crippen LogP contribution is 2.35. The average Bonchev–Trinajstić information content (AvgIpc) is 3.13. The van der Waals surface area contributed by atoms with Crippen molar-refractivity contribution in [1.82, 2.24) is 14.9 Å². The molecule has 0 radical (unpaired) electrons. The number of hydrogen-bond donors (Lipinski definition) is 2. The normalized spacial score (nSPS) is 15.7. The molecule has 4 rings (SSSR count). The molecule has 1 aromatic carbocycles. The number of hydrogen-bond acceptors (Lipinski definition) is 6. The van der Waals surface area contributed by atoms with Crippen LogP contribution in [0.4, 0.5) is 5.95 Å². The number of nitrogens with zero attached hydrogens (tertiary/aromatic N) is 3. The van der Waals surface area contributed by atoms with Gasteiger partial charge in [-0.2, -0.15) is 0 Å². The molecule has 0 spiro atoms. The lowest BCUT2D eigenvalue weighted by Gasteiger charge is -2.28. The maximum absolute atomic E-state index is 11.2. The molecule has 0 amide bonds. The van der Waals surface area contributed by atoms with Crippen LogP contribution in [-0.4, -0.2) is 52.6 Å². The van der Waals surface area contributed by atoms with Gasteiger partial charge >= 0.3 is 5.97 Å². The van der Waals surface area contributed by atoms with Crippen molar-refractivity contribution in [3.63, 3.8) is 0 Å². The zero-order valence-electron chi connectivity index (χ0n) is 16.8. The number of aryl methyl sites for hydroxylation is 1. The van der Waals surface area contributed by atoms with E-state index in [-0.39, 0.29) is 0 Å². The van der Waals surface area contributed by atoms with Gasteiger partial charge < -0.3 is 15.3 Å². The van der Waals surface area contributed by atoms with Crippen LogP contribution >= 0.6 is 11.3 Å². The molecule has 0 unspecified atom stereocenters. The van der Waals surface area contributed by atoms with Gasteiger partial charge in [0.05, 0.1) is 16.1 Å². The topological polar surface area (TPSA) is 78.4 Å². The number of nitrogens with one attached hydrogen (secondary N) is 1. The van der Waals surface area contributed by atoms with E-state index in [4.69, 9.17) is 4.98 Å². The quantitative estimate of drug-likeness (QED) is 0.623. The molecular weight excluding hydrogens is 384 g/mol. The summed E-state index contributed by atoms with van der Waals surface area (Å²) in [5, 5.41) is 13.6. The SMILES string of the molecule is Cc1cnc(NCCC2CCN(C)CC2)nc1-c1cc2ccc(C(=O)O)cc2s1. The first-order valence-electron chi connectivity index (χ1n) is 10.0. The number of likely N-dealkylation sites (tertiary alicyclic amines) is 1. The van der Waals surface area contributed by atoms with E-state index < -0.39 is 5.97 Å². The largest absolute Gasteiger partial charge is 0.478 e. The number of anilines is 1. The van der Waals surface area contributed by atoms with Gasteiger partial charge in [-0.3, -0.25) is 0 Å². The molecule has 1 saturated heterocycles. The van der Waals surface area contributed by atoms with Crippen LogP contribution in [0.25, 0.3) is 20.7 Å². The van der Waals surface area contributed by atoms with Gasteiger partial charge in [0.2, 0.25) is 5.95 Å². The predicted octanol–water partition coefficient (Wildman–Crippen LogP) is 4.51. The minimum absolute atomic E-state index is 0.307. The molecule has 0 bridgehead atoms. The second-order valence-electron chi connectivity index (χ2n) is 7.86. The molecule has 7 heteroatoms. The van der Waals surface area contributed by atoms with E-state index in [0.717, 1.165) is 45.1 Å². The molecule has 152 valence electrons. The summed E-state index contributed by atoms with van der Waals surface area (Å²) < 4.78 is 0.953. The van der Waals surface area contributed by atoms with Crippen LogP contribution in [-0.2, 0) is 0 Å². The van der Waals surface area contributed by atoms with E-state index in [1.165, 1.54) is 25.9 Å². The maximum atomic E-state index is 11.2. The molecule has 6 nitrogen and oxygen atoms in total. The first-order chi connectivity index (χ1) is 14.0. The van der Waals surface area contributed by atoms with E-state index in [1.54, 1.807) is 23.5 Å². The number of aromatic nitrogens is 2. The lowest BCUT2D eigenvalue weighted by atomic mass is 9.94. The Bertz CT molecular complexity index is 1020. The molecule has 1 aliphatic rings. The molecule has 0 saturated carbocycles. The van der Waals surface area contributed by atoms with Gasteiger partial charge in [0.15, 0.2) is 0 Å². The van der Waals surface area contributed by atoms with Crippen molar-refractivity contribution < 1.29 is 9.90 Å². The van der Waals surface area contributed by atoms with Crippen LogP contribution < -0.4 is 5.32 Å². The molecule has 1 fully saturated rings. The van der Waals surface area contributed by atoms with Crippen molar-refractivity contribution in [3.8, 4) is 10.6 Å². The van der Waals surface area contributed by atoms with Gasteiger partial charge in [-0.1, -0.05) is 6.07 Å². The van der Waals surface area contributed by atoms with Gasteiger partial charge in [0, 0.05) is 17.4 Å². The summed E-state index contributed by atoms with van der Waals surface area (Å²) in [5.41, 5.74) is 2.22. The van der Waals surface area contributed by atoms with Crippen molar-refractivity contribution in [1.29, 1.82) is 0 Å². The Balaban J connectivity index is 1.48. The van der Waals surface area contributed by atoms with Crippen LogP contribution in [0.15, 0.2) is 30.5 Å². The summed E-state index contributed by atoms with van der Waals surface area (Å²) in [4.78, 5) is 23.8. The number of carbonyl (C=O) groups is 1. The molecule has 29 heavy (non-hydrogen) atoms. The number of fused-ring (bicyclic) bond motifs is 1. The van der Waals surface area contributed by atoms with E-state index in [1.807, 2.05) is 19.2 Å². The summed E-state index contributed by atoms with van der Waals surface area (Å²) in [7, 11) is 2.19. The number of benzene rings is 1. The lowest BCUT2D eigenvalue weighted by Crippen LogP contribution is -2.30. The van der Waals surface area contributed by atoms with Crippen molar-refractivity contribution >= 4 is 33.3 Å². The second-order valence-corrected chi connectivity index (χ2v) is 8.94. The van der Waals surface area contributed by atoms with Crippen LogP contribution in [0.5, 0.6) is 0 Å². The van der Waals surface area contributed by atoms with Gasteiger partial charge in [-0.25, -0.2) is 14.8 Å². The van der Waals surface area contributed by atoms with E-state index in [2.05, 4.69) is 28.3 Å². The number of carboxylic acid groups (broad SMARTS) is 1. The zero-order valence-corrected chi connectivity index (χ0v) is 17.6. The van der Waals surface area contributed by atoms with Crippen LogP contribution in [0.1, 0.15) is 35.2 Å². The molecule has 3 aromatic rings. The Morgan fingerprint density at radius 1 is 1.31 bits per heavy atom. The summed E-state index contributed by atoms with van der Waals surface area (Å²) >= 11 is 1.57.